The molecule has 1 saturated heterocycles. The van der Waals surface area contributed by atoms with Crippen molar-refractivity contribution in [2.45, 2.75) is 12.5 Å². The summed E-state index contributed by atoms with van der Waals surface area (Å²) in [6.07, 6.45) is 2.87. The summed E-state index contributed by atoms with van der Waals surface area (Å²) < 4.78 is 1.45. The van der Waals surface area contributed by atoms with Gasteiger partial charge in [-0.1, -0.05) is 6.08 Å². The summed E-state index contributed by atoms with van der Waals surface area (Å²) >= 11 is 6.81. The number of benzene rings is 1. The van der Waals surface area contributed by atoms with E-state index >= 15 is 0 Å². The summed E-state index contributed by atoms with van der Waals surface area (Å²) in [5, 5.41) is 13.2. The van der Waals surface area contributed by atoms with Crippen molar-refractivity contribution in [3.63, 3.8) is 0 Å². The first kappa shape index (κ1) is 21.2. The van der Waals surface area contributed by atoms with Crippen LogP contribution in [0.5, 0.6) is 5.75 Å². The van der Waals surface area contributed by atoms with Gasteiger partial charge in [-0.15, -0.1) is 31.4 Å². The predicted molar refractivity (Wildman–Crippen MR) is 100 cm³/mol. The van der Waals surface area contributed by atoms with Crippen molar-refractivity contribution >= 4 is 56.7 Å². The van der Waals surface area contributed by atoms with Crippen LogP contribution in [0.15, 0.2) is 33.7 Å². The van der Waals surface area contributed by atoms with Gasteiger partial charge in [0.25, 0.3) is 0 Å². The number of hydrogen-bond donors (Lipinski definition) is 2. The van der Waals surface area contributed by atoms with Crippen LogP contribution >= 0.6 is 56.7 Å². The van der Waals surface area contributed by atoms with Crippen molar-refractivity contribution in [2.24, 2.45) is 0 Å². The molecule has 0 saturated carbocycles. The minimum absolute atomic E-state index is 0. The number of nitrogens with one attached hydrogen (secondary N) is 1. The van der Waals surface area contributed by atoms with Gasteiger partial charge in [0.05, 0.1) is 8.95 Å². The van der Waals surface area contributed by atoms with Crippen molar-refractivity contribution < 1.29 is 5.11 Å². The maximum Gasteiger partial charge on any atom is 0.143 e. The van der Waals surface area contributed by atoms with E-state index in [0.717, 1.165) is 41.5 Å². The molecule has 2 rings (SSSR count). The van der Waals surface area contributed by atoms with E-state index in [0.29, 0.717) is 6.04 Å². The van der Waals surface area contributed by atoms with E-state index < -0.39 is 0 Å². The van der Waals surface area contributed by atoms with E-state index in [1.54, 1.807) is 0 Å². The number of nitrogens with zero attached hydrogens (tertiary/aromatic N) is 1. The van der Waals surface area contributed by atoms with Crippen LogP contribution in [0.3, 0.4) is 0 Å². The molecule has 21 heavy (non-hydrogen) atoms. The zero-order valence-corrected chi connectivity index (χ0v) is 16.3. The van der Waals surface area contributed by atoms with Crippen LogP contribution in [0.4, 0.5) is 0 Å². The van der Waals surface area contributed by atoms with Gasteiger partial charge in [0.1, 0.15) is 5.75 Å². The highest BCUT2D eigenvalue weighted by Gasteiger charge is 2.22. The number of phenolic OH excluding ortho intramolecular Hbond substituents is 1. The highest BCUT2D eigenvalue weighted by Crippen LogP contribution is 2.37. The molecular formula is C14H20Br2Cl2N2O. The first-order valence-corrected chi connectivity index (χ1v) is 7.95. The fourth-order valence-corrected chi connectivity index (χ4v) is 3.65. The minimum atomic E-state index is 0. The monoisotopic (exact) mass is 460 g/mol. The van der Waals surface area contributed by atoms with E-state index in [9.17, 15) is 5.11 Å². The molecule has 1 heterocycles. The van der Waals surface area contributed by atoms with Gasteiger partial charge in [-0.2, -0.15) is 0 Å². The molecule has 2 N–H and O–H groups in total. The third-order valence-electron chi connectivity index (χ3n) is 3.41. The fourth-order valence-electron chi connectivity index (χ4n) is 2.43. The minimum Gasteiger partial charge on any atom is -0.506 e. The second-order valence-electron chi connectivity index (χ2n) is 4.66. The Labute approximate surface area is 155 Å². The van der Waals surface area contributed by atoms with Crippen LogP contribution in [0, 0.1) is 0 Å². The highest BCUT2D eigenvalue weighted by molar-refractivity contribution is 9.11. The van der Waals surface area contributed by atoms with E-state index in [1.807, 2.05) is 18.2 Å². The summed E-state index contributed by atoms with van der Waals surface area (Å²) in [6, 6.07) is 4.31. The molecule has 0 bridgehead atoms. The molecule has 1 aliphatic rings. The van der Waals surface area contributed by atoms with E-state index in [2.05, 4.69) is 48.7 Å². The van der Waals surface area contributed by atoms with Gasteiger partial charge in [0.2, 0.25) is 0 Å². The quantitative estimate of drug-likeness (QED) is 0.655. The largest absolute Gasteiger partial charge is 0.506 e. The fraction of sp³-hybridized carbons (Fsp3) is 0.429. The average Bonchev–Trinajstić information content (AvgIpc) is 2.42. The number of phenols is 1. The Hall–Kier alpha value is 0.220. The Balaban J connectivity index is 0.00000200. The molecule has 1 atom stereocenters. The molecule has 0 radical (unpaired) electrons. The standard InChI is InChI=1S/C14H18Br2N2O.2ClH/c1-2-3-13(18-6-4-17-5-7-18)10-8-11(15)14(19)12(16)9-10;;/h2,8-9,13,17,19H,1,3-7H2;2*1H/t13-;;/m1../s1. The molecule has 3 nitrogen and oxygen atoms in total. The highest BCUT2D eigenvalue weighted by atomic mass is 79.9. The molecule has 0 aliphatic carbocycles. The van der Waals surface area contributed by atoms with Crippen LogP contribution < -0.4 is 5.32 Å². The molecule has 1 fully saturated rings. The number of rotatable bonds is 4. The molecule has 1 aromatic carbocycles. The molecule has 120 valence electrons. The summed E-state index contributed by atoms with van der Waals surface area (Å²) in [5.41, 5.74) is 1.19. The maximum atomic E-state index is 9.82. The second kappa shape index (κ2) is 10.1. The van der Waals surface area contributed by atoms with E-state index in [1.165, 1.54) is 5.56 Å². The maximum absolute atomic E-state index is 9.82. The Morgan fingerprint density at radius 3 is 2.24 bits per heavy atom. The first-order chi connectivity index (χ1) is 9.13. The van der Waals surface area contributed by atoms with Crippen LogP contribution in [0.25, 0.3) is 0 Å². The molecule has 0 aromatic heterocycles. The van der Waals surface area contributed by atoms with Crippen molar-refractivity contribution in [1.82, 2.24) is 10.2 Å². The van der Waals surface area contributed by atoms with Crippen molar-refractivity contribution in [3.8, 4) is 5.75 Å². The first-order valence-electron chi connectivity index (χ1n) is 6.37. The third kappa shape index (κ3) is 5.41. The molecule has 1 aliphatic heterocycles. The Kier molecular flexibility index (Phi) is 10.2. The molecule has 1 aromatic rings. The smallest absolute Gasteiger partial charge is 0.143 e. The summed E-state index contributed by atoms with van der Waals surface area (Å²) in [7, 11) is 0. The predicted octanol–water partition coefficient (Wildman–Crippen LogP) is 4.28. The van der Waals surface area contributed by atoms with Gasteiger partial charge in [-0.25, -0.2) is 0 Å². The topological polar surface area (TPSA) is 35.5 Å². The molecule has 0 unspecified atom stereocenters. The van der Waals surface area contributed by atoms with Gasteiger partial charge in [-0.05, 0) is 56.0 Å². The lowest BCUT2D eigenvalue weighted by atomic mass is 10.0. The molecular weight excluding hydrogens is 443 g/mol. The SMILES string of the molecule is C=CC[C@H](c1cc(Br)c(O)c(Br)c1)N1CCNCC1.Cl.Cl. The van der Waals surface area contributed by atoms with Gasteiger partial charge in [0, 0.05) is 32.2 Å². The number of piperazine rings is 1. The van der Waals surface area contributed by atoms with Gasteiger partial charge in [0.15, 0.2) is 0 Å². The number of halogens is 4. The van der Waals surface area contributed by atoms with E-state index in [-0.39, 0.29) is 30.6 Å². The zero-order chi connectivity index (χ0) is 13.8. The summed E-state index contributed by atoms with van der Waals surface area (Å²) in [5.74, 6) is 0.251. The van der Waals surface area contributed by atoms with Crippen LogP contribution in [-0.4, -0.2) is 36.2 Å². The van der Waals surface area contributed by atoms with Crippen LogP contribution in [0.2, 0.25) is 0 Å². The molecule has 7 heteroatoms. The average molecular weight is 463 g/mol. The Bertz CT molecular complexity index is 445. The Morgan fingerprint density at radius 1 is 1.24 bits per heavy atom. The zero-order valence-electron chi connectivity index (χ0n) is 11.5. The molecule has 0 amide bonds. The van der Waals surface area contributed by atoms with Gasteiger partial charge >= 0.3 is 0 Å². The lowest BCUT2D eigenvalue weighted by Crippen LogP contribution is -2.45. The summed E-state index contributed by atoms with van der Waals surface area (Å²) in [4.78, 5) is 2.46. The van der Waals surface area contributed by atoms with Gasteiger partial charge in [-0.3, -0.25) is 4.90 Å². The van der Waals surface area contributed by atoms with Gasteiger partial charge < -0.3 is 10.4 Å². The lowest BCUT2D eigenvalue weighted by molar-refractivity contribution is 0.174. The summed E-state index contributed by atoms with van der Waals surface area (Å²) in [6.45, 7) is 7.98. The lowest BCUT2D eigenvalue weighted by Gasteiger charge is -2.35. The van der Waals surface area contributed by atoms with E-state index in [4.69, 9.17) is 0 Å². The normalized spacial score (nSPS) is 16.5. The number of aromatic hydroxyl groups is 1. The van der Waals surface area contributed by atoms with Crippen LogP contribution in [0.1, 0.15) is 18.0 Å². The number of hydrogen-bond acceptors (Lipinski definition) is 3. The van der Waals surface area contributed by atoms with Crippen LogP contribution in [-0.2, 0) is 0 Å². The van der Waals surface area contributed by atoms with Crippen molar-refractivity contribution in [1.29, 1.82) is 0 Å². The Morgan fingerprint density at radius 2 is 1.76 bits per heavy atom. The molecule has 0 spiro atoms. The second-order valence-corrected chi connectivity index (χ2v) is 6.37. The third-order valence-corrected chi connectivity index (χ3v) is 4.62. The van der Waals surface area contributed by atoms with Crippen molar-refractivity contribution in [3.05, 3.63) is 39.3 Å². The van der Waals surface area contributed by atoms with Crippen molar-refractivity contribution in [2.75, 3.05) is 26.2 Å².